The first-order valence-electron chi connectivity index (χ1n) is 1.33. The van der Waals surface area contributed by atoms with E-state index in [0.717, 1.165) is 0 Å². The molecule has 8 nitrogen and oxygen atoms in total. The summed E-state index contributed by atoms with van der Waals surface area (Å²) in [6.45, 7) is 0. The van der Waals surface area contributed by atoms with E-state index in [0.29, 0.717) is 0 Å². The van der Waals surface area contributed by atoms with E-state index in [1.165, 1.54) is 0 Å². The smallest absolute Gasteiger partial charge is 0.759 e. The molecule has 0 heterocycles. The molecule has 0 radical (unpaired) electrons. The van der Waals surface area contributed by atoms with Crippen LogP contribution < -0.4 is 29.6 Å². The van der Waals surface area contributed by atoms with E-state index in [1.54, 1.807) is 0 Å². The van der Waals surface area contributed by atoms with Crippen LogP contribution in [0.3, 0.4) is 0 Å². The molecular formula is LaNaO8S2. The van der Waals surface area contributed by atoms with Crippen LogP contribution >= 0.6 is 0 Å². The van der Waals surface area contributed by atoms with E-state index in [2.05, 4.69) is 0 Å². The Hall–Kier alpha value is 1.93. The number of rotatable bonds is 0. The van der Waals surface area contributed by atoms with Gasteiger partial charge < -0.3 is 18.2 Å². The second-order valence-corrected chi connectivity index (χ2v) is 2.45. The zero-order valence-corrected chi connectivity index (χ0v) is 12.9. The minimum atomic E-state index is -5.17. The molecule has 0 bridgehead atoms. The van der Waals surface area contributed by atoms with Gasteiger partial charge in [-0.15, -0.1) is 0 Å². The summed E-state index contributed by atoms with van der Waals surface area (Å²) >= 11 is 0. The predicted molar refractivity (Wildman–Crippen MR) is 20.9 cm³/mol. The fourth-order valence-corrected chi connectivity index (χ4v) is 0. The molecule has 12 heavy (non-hydrogen) atoms. The number of hydrogen-bond donors (Lipinski definition) is 0. The second-order valence-electron chi connectivity index (χ2n) is 0.816. The van der Waals surface area contributed by atoms with Gasteiger partial charge in [0.15, 0.2) is 0 Å². The Balaban J connectivity index is -0.0000000457. The molecule has 0 aliphatic carbocycles. The van der Waals surface area contributed by atoms with Crippen molar-refractivity contribution in [2.45, 2.75) is 0 Å². The molecule has 0 amide bonds. The minimum absolute atomic E-state index is 0. The second kappa shape index (κ2) is 9.49. The number of hydrogen-bond acceptors (Lipinski definition) is 8. The van der Waals surface area contributed by atoms with Gasteiger partial charge in [-0.05, 0) is 0 Å². The van der Waals surface area contributed by atoms with Crippen molar-refractivity contribution in [2.75, 3.05) is 0 Å². The molecule has 0 aliphatic heterocycles. The summed E-state index contributed by atoms with van der Waals surface area (Å²) in [6, 6.07) is 0. The summed E-state index contributed by atoms with van der Waals surface area (Å²) < 4.78 is 68.2. The fourth-order valence-electron chi connectivity index (χ4n) is 0. The Morgan fingerprint density at radius 1 is 0.667 bits per heavy atom. The predicted octanol–water partition coefficient (Wildman–Crippen LogP) is -5.67. The summed E-state index contributed by atoms with van der Waals surface area (Å²) in [5.74, 6) is 0. The van der Waals surface area contributed by atoms with Gasteiger partial charge in [0.2, 0.25) is 0 Å². The van der Waals surface area contributed by atoms with E-state index in [1.807, 2.05) is 0 Å². The average Bonchev–Trinajstić information content (AvgIpc) is 1.12. The molecule has 0 aromatic rings. The molecule has 0 aliphatic rings. The van der Waals surface area contributed by atoms with Crippen molar-refractivity contribution in [3.63, 3.8) is 0 Å². The quantitative estimate of drug-likeness (QED) is 0.236. The minimum Gasteiger partial charge on any atom is -0.759 e. The van der Waals surface area contributed by atoms with E-state index in [-0.39, 0.29) is 65.2 Å². The molecule has 0 fully saturated rings. The van der Waals surface area contributed by atoms with Crippen LogP contribution in [-0.4, -0.2) is 35.0 Å². The van der Waals surface area contributed by atoms with E-state index in [9.17, 15) is 0 Å². The first kappa shape index (κ1) is 23.6. The summed E-state index contributed by atoms with van der Waals surface area (Å²) in [6.07, 6.45) is 0. The van der Waals surface area contributed by atoms with Crippen LogP contribution in [0, 0.1) is 35.6 Å². The van der Waals surface area contributed by atoms with Crippen LogP contribution in [0.1, 0.15) is 0 Å². The van der Waals surface area contributed by atoms with Crippen molar-refractivity contribution in [1.29, 1.82) is 0 Å². The van der Waals surface area contributed by atoms with E-state index in [4.69, 9.17) is 35.0 Å². The summed E-state index contributed by atoms with van der Waals surface area (Å²) in [5.41, 5.74) is 0. The SMILES string of the molecule is O=S(=O)([O-])[O-].O=S(=O)([O-])[O-].[La+3].[Na+]. The van der Waals surface area contributed by atoms with Crippen LogP contribution in [-0.2, 0) is 20.8 Å². The van der Waals surface area contributed by atoms with Gasteiger partial charge in [-0.3, -0.25) is 16.8 Å². The van der Waals surface area contributed by atoms with Crippen molar-refractivity contribution in [1.82, 2.24) is 0 Å². The summed E-state index contributed by atoms with van der Waals surface area (Å²) in [5, 5.41) is 0. The molecule has 0 N–H and O–H groups in total. The first-order valence-corrected chi connectivity index (χ1v) is 4.00. The third kappa shape index (κ3) is 381. The third-order valence-corrected chi connectivity index (χ3v) is 0. The zero-order chi connectivity index (χ0) is 9.00. The molecule has 0 aromatic heterocycles. The Kier molecular flexibility index (Phi) is 18.7. The monoisotopic (exact) mass is 354 g/mol. The van der Waals surface area contributed by atoms with Gasteiger partial charge in [0.05, 0.1) is 0 Å². The maximum Gasteiger partial charge on any atom is 3.00 e. The maximum absolute atomic E-state index is 8.52. The average molecular weight is 354 g/mol. The molecule has 0 aromatic carbocycles. The van der Waals surface area contributed by atoms with Crippen molar-refractivity contribution in [3.8, 4) is 0 Å². The van der Waals surface area contributed by atoms with Crippen molar-refractivity contribution in [2.24, 2.45) is 0 Å². The molecule has 64 valence electrons. The van der Waals surface area contributed by atoms with Crippen LogP contribution in [0.4, 0.5) is 0 Å². The Bertz CT molecular complexity index is 213. The molecule has 0 rings (SSSR count). The van der Waals surface area contributed by atoms with Crippen LogP contribution in [0.5, 0.6) is 0 Å². The molecule has 0 unspecified atom stereocenters. The van der Waals surface area contributed by atoms with Gasteiger partial charge in [0.25, 0.3) is 0 Å². The first-order chi connectivity index (χ1) is 4.00. The molecule has 0 saturated carbocycles. The van der Waals surface area contributed by atoms with Gasteiger partial charge in [0, 0.05) is 20.8 Å². The van der Waals surface area contributed by atoms with E-state index >= 15 is 0 Å². The fraction of sp³-hybridized carbons (Fsp3) is 0. The topological polar surface area (TPSA) is 161 Å². The van der Waals surface area contributed by atoms with Crippen LogP contribution in [0.15, 0.2) is 0 Å². The van der Waals surface area contributed by atoms with Crippen molar-refractivity contribution < 1.29 is 100 Å². The Morgan fingerprint density at radius 3 is 0.667 bits per heavy atom. The summed E-state index contributed by atoms with van der Waals surface area (Å²) in [7, 11) is -10.3. The normalized spacial score (nSPS) is 9.67. The largest absolute Gasteiger partial charge is 3.00 e. The van der Waals surface area contributed by atoms with Gasteiger partial charge in [0.1, 0.15) is 0 Å². The third-order valence-electron chi connectivity index (χ3n) is 0. The van der Waals surface area contributed by atoms with Gasteiger partial charge in [-0.2, -0.15) is 0 Å². The van der Waals surface area contributed by atoms with E-state index < -0.39 is 20.8 Å². The van der Waals surface area contributed by atoms with Gasteiger partial charge >= 0.3 is 65.2 Å². The van der Waals surface area contributed by atoms with Crippen LogP contribution in [0.2, 0.25) is 0 Å². The van der Waals surface area contributed by atoms with Gasteiger partial charge in [-0.25, -0.2) is 0 Å². The Morgan fingerprint density at radius 2 is 0.667 bits per heavy atom. The molecule has 0 saturated heterocycles. The molecular weight excluding hydrogens is 354 g/mol. The molecule has 0 spiro atoms. The molecule has 12 heteroatoms. The van der Waals surface area contributed by atoms with Crippen molar-refractivity contribution >= 4 is 20.8 Å². The standard InChI is InChI=1S/La.Na.2H2O4S/c;;2*1-5(2,3)4/h;;2*(H2,1,2,3,4)/q+3;+1;;/p-4. The summed E-state index contributed by atoms with van der Waals surface area (Å²) in [4.78, 5) is 0. The maximum atomic E-state index is 8.52. The van der Waals surface area contributed by atoms with Gasteiger partial charge in [-0.1, -0.05) is 0 Å². The van der Waals surface area contributed by atoms with Crippen LogP contribution in [0.25, 0.3) is 0 Å². The Labute approximate surface area is 119 Å². The zero-order valence-electron chi connectivity index (χ0n) is 5.66. The van der Waals surface area contributed by atoms with Crippen molar-refractivity contribution in [3.05, 3.63) is 0 Å². The molecule has 0 atom stereocenters.